The van der Waals surface area contributed by atoms with E-state index in [4.69, 9.17) is 4.74 Å². The summed E-state index contributed by atoms with van der Waals surface area (Å²) in [4.78, 5) is 12.5. The van der Waals surface area contributed by atoms with E-state index in [1.807, 2.05) is 0 Å². The summed E-state index contributed by atoms with van der Waals surface area (Å²) in [5.41, 5.74) is -0.940. The number of hydrogen-bond acceptors (Lipinski definition) is 4. The van der Waals surface area contributed by atoms with Gasteiger partial charge in [-0.05, 0) is 54.6 Å². The van der Waals surface area contributed by atoms with E-state index in [-0.39, 0.29) is 10.6 Å². The molecule has 3 aromatic carbocycles. The van der Waals surface area contributed by atoms with Gasteiger partial charge in [-0.1, -0.05) is 24.3 Å². The fourth-order valence-electron chi connectivity index (χ4n) is 2.88. The molecule has 0 fully saturated rings. The third-order valence-electron chi connectivity index (χ3n) is 4.45. The van der Waals surface area contributed by atoms with Crippen molar-refractivity contribution in [3.63, 3.8) is 0 Å². The second-order valence-corrected chi connectivity index (χ2v) is 8.51. The van der Waals surface area contributed by atoms with E-state index in [0.717, 1.165) is 12.1 Å². The van der Waals surface area contributed by atoms with Crippen molar-refractivity contribution in [2.45, 2.75) is 11.1 Å². The minimum atomic E-state index is -4.68. The predicted molar refractivity (Wildman–Crippen MR) is 114 cm³/mol. The number of carbonyl (C=O) groups is 1. The number of ether oxygens (including phenoxy) is 1. The number of alkyl halides is 3. The van der Waals surface area contributed by atoms with Crippen LogP contribution in [0.5, 0.6) is 5.75 Å². The molecule has 3 rings (SSSR count). The molecule has 0 spiro atoms. The van der Waals surface area contributed by atoms with E-state index in [9.17, 15) is 26.4 Å². The Labute approximate surface area is 183 Å². The predicted octanol–water partition coefficient (Wildman–Crippen LogP) is 4.55. The molecule has 0 atom stereocenters. The van der Waals surface area contributed by atoms with Crippen LogP contribution in [0.3, 0.4) is 0 Å². The summed E-state index contributed by atoms with van der Waals surface area (Å²) >= 11 is 0. The quantitative estimate of drug-likeness (QED) is 0.557. The SMILES string of the molecule is COc1ccc(NC(=O)CN(c2cccc(C(F)(F)F)c2)S(=O)(=O)c2ccccc2)cc1. The highest BCUT2D eigenvalue weighted by Crippen LogP contribution is 2.33. The Hall–Kier alpha value is -3.53. The van der Waals surface area contributed by atoms with Crippen LogP contribution in [-0.2, 0) is 21.0 Å². The number of benzene rings is 3. The lowest BCUT2D eigenvalue weighted by Gasteiger charge is -2.25. The van der Waals surface area contributed by atoms with E-state index in [0.29, 0.717) is 21.8 Å². The molecular weight excluding hydrogens is 445 g/mol. The molecule has 0 aliphatic heterocycles. The number of amides is 1. The summed E-state index contributed by atoms with van der Waals surface area (Å²) in [6, 6.07) is 17.3. The molecule has 1 N–H and O–H groups in total. The third kappa shape index (κ3) is 5.38. The van der Waals surface area contributed by atoms with E-state index in [1.165, 1.54) is 37.4 Å². The van der Waals surface area contributed by atoms with Crippen LogP contribution >= 0.6 is 0 Å². The zero-order valence-corrected chi connectivity index (χ0v) is 17.7. The molecule has 0 saturated heterocycles. The van der Waals surface area contributed by atoms with E-state index in [2.05, 4.69) is 5.32 Å². The molecule has 0 heterocycles. The highest BCUT2D eigenvalue weighted by molar-refractivity contribution is 7.92. The van der Waals surface area contributed by atoms with Gasteiger partial charge < -0.3 is 10.1 Å². The maximum atomic E-state index is 13.2. The second-order valence-electron chi connectivity index (χ2n) is 6.65. The number of sulfonamides is 1. The summed E-state index contributed by atoms with van der Waals surface area (Å²) in [7, 11) is -2.85. The van der Waals surface area contributed by atoms with Gasteiger partial charge in [0.25, 0.3) is 10.0 Å². The first-order valence-corrected chi connectivity index (χ1v) is 10.7. The zero-order valence-electron chi connectivity index (χ0n) is 16.8. The van der Waals surface area contributed by atoms with Crippen LogP contribution in [0.15, 0.2) is 83.8 Å². The van der Waals surface area contributed by atoms with Crippen LogP contribution in [0.25, 0.3) is 0 Å². The Morgan fingerprint density at radius 3 is 2.22 bits per heavy atom. The maximum Gasteiger partial charge on any atom is 0.416 e. The molecule has 0 saturated carbocycles. The molecule has 0 bridgehead atoms. The van der Waals surface area contributed by atoms with Crippen LogP contribution in [0.2, 0.25) is 0 Å². The molecule has 0 aromatic heterocycles. The van der Waals surface area contributed by atoms with Gasteiger partial charge in [-0.3, -0.25) is 9.10 Å². The molecule has 0 unspecified atom stereocenters. The van der Waals surface area contributed by atoms with Crippen LogP contribution in [0.1, 0.15) is 5.56 Å². The van der Waals surface area contributed by atoms with Crippen LogP contribution < -0.4 is 14.4 Å². The largest absolute Gasteiger partial charge is 0.497 e. The number of nitrogens with one attached hydrogen (secondary N) is 1. The first kappa shape index (κ1) is 23.1. The van der Waals surface area contributed by atoms with Crippen molar-refractivity contribution in [1.82, 2.24) is 0 Å². The Bertz CT molecular complexity index is 1180. The zero-order chi connectivity index (χ0) is 23.4. The van der Waals surface area contributed by atoms with E-state index < -0.39 is 34.2 Å². The van der Waals surface area contributed by atoms with Gasteiger partial charge in [-0.25, -0.2) is 8.42 Å². The Balaban J connectivity index is 1.96. The molecule has 0 aliphatic rings. The monoisotopic (exact) mass is 464 g/mol. The first-order chi connectivity index (χ1) is 15.1. The van der Waals surface area contributed by atoms with E-state index >= 15 is 0 Å². The highest BCUT2D eigenvalue weighted by Gasteiger charge is 2.33. The lowest BCUT2D eigenvalue weighted by atomic mass is 10.2. The molecule has 168 valence electrons. The van der Waals surface area contributed by atoms with Gasteiger partial charge in [0, 0.05) is 5.69 Å². The average Bonchev–Trinajstić information content (AvgIpc) is 2.78. The van der Waals surface area contributed by atoms with Crippen molar-refractivity contribution >= 4 is 27.3 Å². The molecule has 10 heteroatoms. The number of hydrogen-bond donors (Lipinski definition) is 1. The molecule has 3 aromatic rings. The fourth-order valence-corrected chi connectivity index (χ4v) is 4.31. The number of nitrogens with zero attached hydrogens (tertiary/aromatic N) is 1. The van der Waals surface area contributed by atoms with Crippen molar-refractivity contribution in [3.05, 3.63) is 84.4 Å². The summed E-state index contributed by atoms with van der Waals surface area (Å²) in [6.07, 6.45) is -4.68. The fraction of sp³-hybridized carbons (Fsp3) is 0.136. The second kappa shape index (κ2) is 9.31. The smallest absolute Gasteiger partial charge is 0.416 e. The number of halogens is 3. The molecule has 1 amide bonds. The Morgan fingerprint density at radius 2 is 1.62 bits per heavy atom. The van der Waals surface area contributed by atoms with E-state index in [1.54, 1.807) is 30.3 Å². The van der Waals surface area contributed by atoms with Gasteiger partial charge in [0.2, 0.25) is 5.91 Å². The Morgan fingerprint density at radius 1 is 0.969 bits per heavy atom. The first-order valence-electron chi connectivity index (χ1n) is 9.30. The van der Waals surface area contributed by atoms with Gasteiger partial charge in [-0.15, -0.1) is 0 Å². The topological polar surface area (TPSA) is 75.7 Å². The van der Waals surface area contributed by atoms with Crippen LogP contribution in [0, 0.1) is 0 Å². The summed E-state index contributed by atoms with van der Waals surface area (Å²) < 4.78 is 71.7. The lowest BCUT2D eigenvalue weighted by Crippen LogP contribution is -2.38. The maximum absolute atomic E-state index is 13.2. The minimum absolute atomic E-state index is 0.158. The van der Waals surface area contributed by atoms with Crippen molar-refractivity contribution in [2.75, 3.05) is 23.3 Å². The van der Waals surface area contributed by atoms with Crippen molar-refractivity contribution in [2.24, 2.45) is 0 Å². The highest BCUT2D eigenvalue weighted by atomic mass is 32.2. The molecular formula is C22H19F3N2O4S. The van der Waals surface area contributed by atoms with Gasteiger partial charge in [0.15, 0.2) is 0 Å². The number of carbonyl (C=O) groups excluding carboxylic acids is 1. The van der Waals surface area contributed by atoms with Crippen molar-refractivity contribution in [1.29, 1.82) is 0 Å². The average molecular weight is 464 g/mol. The molecule has 32 heavy (non-hydrogen) atoms. The van der Waals surface area contributed by atoms with Gasteiger partial charge in [-0.2, -0.15) is 13.2 Å². The van der Waals surface area contributed by atoms with Crippen LogP contribution in [-0.4, -0.2) is 28.0 Å². The van der Waals surface area contributed by atoms with Crippen molar-refractivity contribution in [3.8, 4) is 5.75 Å². The molecule has 0 radical (unpaired) electrons. The standard InChI is InChI=1S/C22H19F3N2O4S/c1-31-19-12-10-17(11-13-19)26-21(28)15-27(32(29,30)20-8-3-2-4-9-20)18-7-5-6-16(14-18)22(23,24)25/h2-14H,15H2,1H3,(H,26,28). The summed E-state index contributed by atoms with van der Waals surface area (Å²) in [6.45, 7) is -0.732. The van der Waals surface area contributed by atoms with Gasteiger partial charge in [0.05, 0.1) is 23.3 Å². The molecule has 6 nitrogen and oxygen atoms in total. The number of rotatable bonds is 7. The Kier molecular flexibility index (Phi) is 6.73. The lowest BCUT2D eigenvalue weighted by molar-refractivity contribution is -0.137. The number of methoxy groups -OCH3 is 1. The molecule has 0 aliphatic carbocycles. The normalized spacial score (nSPS) is 11.6. The van der Waals surface area contributed by atoms with Gasteiger partial charge >= 0.3 is 6.18 Å². The van der Waals surface area contributed by atoms with Crippen molar-refractivity contribution < 1.29 is 31.1 Å². The summed E-state index contributed by atoms with van der Waals surface area (Å²) in [5.74, 6) is -0.174. The summed E-state index contributed by atoms with van der Waals surface area (Å²) in [5, 5.41) is 2.54. The van der Waals surface area contributed by atoms with Gasteiger partial charge in [0.1, 0.15) is 12.3 Å². The minimum Gasteiger partial charge on any atom is -0.497 e. The third-order valence-corrected chi connectivity index (χ3v) is 6.24. The van der Waals surface area contributed by atoms with Crippen LogP contribution in [0.4, 0.5) is 24.5 Å². The number of anilines is 2.